The van der Waals surface area contributed by atoms with Gasteiger partial charge in [0, 0.05) is 17.4 Å². The van der Waals surface area contributed by atoms with Crippen LogP contribution in [0, 0.1) is 0 Å². The van der Waals surface area contributed by atoms with Crippen LogP contribution in [0.3, 0.4) is 0 Å². The fourth-order valence-electron chi connectivity index (χ4n) is 2.36. The number of halogens is 1. The minimum atomic E-state index is -3.55. The van der Waals surface area contributed by atoms with Crippen LogP contribution in [0.1, 0.15) is 30.1 Å². The van der Waals surface area contributed by atoms with Crippen LogP contribution >= 0.6 is 15.9 Å². The van der Waals surface area contributed by atoms with Crippen LogP contribution in [0.25, 0.3) is 0 Å². The molecule has 0 aliphatic heterocycles. The van der Waals surface area contributed by atoms with E-state index in [0.717, 1.165) is 10.0 Å². The summed E-state index contributed by atoms with van der Waals surface area (Å²) in [4.78, 5) is 10.7. The molecule has 0 saturated heterocycles. The largest absolute Gasteiger partial charge is 0.481 e. The Labute approximate surface area is 161 Å². The number of hydrogen-bond donors (Lipinski definition) is 3. The molecule has 1 atom stereocenters. The second-order valence-corrected chi connectivity index (χ2v) is 8.47. The smallest absolute Gasteiger partial charge is 0.303 e. The first-order chi connectivity index (χ1) is 12.3. The number of aliphatic hydroxyl groups is 1. The first kappa shape index (κ1) is 20.6. The Morgan fingerprint density at radius 2 is 1.69 bits per heavy atom. The number of nitrogens with one attached hydrogen (secondary N) is 1. The highest BCUT2D eigenvalue weighted by atomic mass is 79.9. The number of hydrogen-bond acceptors (Lipinski definition) is 4. The molecule has 3 N–H and O–H groups in total. The van der Waals surface area contributed by atoms with Crippen molar-refractivity contribution in [2.75, 3.05) is 6.54 Å². The molecule has 0 aliphatic carbocycles. The van der Waals surface area contributed by atoms with Gasteiger partial charge in [-0.1, -0.05) is 40.2 Å². The summed E-state index contributed by atoms with van der Waals surface area (Å²) >= 11 is 3.27. The van der Waals surface area contributed by atoms with Crippen LogP contribution in [-0.4, -0.2) is 31.1 Å². The maximum atomic E-state index is 12.2. The molecule has 0 amide bonds. The van der Waals surface area contributed by atoms with Crippen LogP contribution in [-0.2, 0) is 21.2 Å². The van der Waals surface area contributed by atoms with Gasteiger partial charge in [-0.15, -0.1) is 0 Å². The summed E-state index contributed by atoms with van der Waals surface area (Å²) < 4.78 is 27.8. The Morgan fingerprint density at radius 1 is 1.08 bits per heavy atom. The lowest BCUT2D eigenvalue weighted by atomic mass is 10.0. The zero-order valence-corrected chi connectivity index (χ0v) is 16.3. The van der Waals surface area contributed by atoms with E-state index in [1.54, 1.807) is 36.4 Å². The molecule has 0 aromatic heterocycles. The standard InChI is InChI=1S/C18H20BrNO5S/c19-15-5-7-16(8-6-15)26(24,25)20-12-11-13-1-3-14(4-2-13)17(21)9-10-18(22)23/h1-8,17,20-21H,9-12H2,(H,22,23). The summed E-state index contributed by atoms with van der Waals surface area (Å²) in [5, 5.41) is 18.6. The first-order valence-corrected chi connectivity index (χ1v) is 10.3. The van der Waals surface area contributed by atoms with Gasteiger partial charge in [-0.3, -0.25) is 4.79 Å². The zero-order chi connectivity index (χ0) is 19.2. The fourth-order valence-corrected chi connectivity index (χ4v) is 3.66. The van der Waals surface area contributed by atoms with Crippen LogP contribution < -0.4 is 4.72 Å². The first-order valence-electron chi connectivity index (χ1n) is 8.02. The highest BCUT2D eigenvalue weighted by Gasteiger charge is 2.13. The van der Waals surface area contributed by atoms with Gasteiger partial charge in [0.1, 0.15) is 0 Å². The van der Waals surface area contributed by atoms with Crippen LogP contribution in [0.5, 0.6) is 0 Å². The van der Waals surface area contributed by atoms with Crippen molar-refractivity contribution in [3.8, 4) is 0 Å². The molecule has 1 unspecified atom stereocenters. The topological polar surface area (TPSA) is 104 Å². The molecule has 8 heteroatoms. The molecule has 0 aliphatic rings. The fraction of sp³-hybridized carbons (Fsp3) is 0.278. The second-order valence-electron chi connectivity index (χ2n) is 5.79. The Morgan fingerprint density at radius 3 is 2.27 bits per heavy atom. The molecule has 2 aromatic carbocycles. The van der Waals surface area contributed by atoms with Crippen LogP contribution in [0.2, 0.25) is 0 Å². The third kappa shape index (κ3) is 6.21. The van der Waals surface area contributed by atoms with E-state index in [1.165, 1.54) is 12.1 Å². The average Bonchev–Trinajstić information content (AvgIpc) is 2.60. The second kappa shape index (κ2) is 9.27. The molecule has 0 radical (unpaired) electrons. The van der Waals surface area contributed by atoms with Crippen molar-refractivity contribution in [1.29, 1.82) is 0 Å². The van der Waals surface area contributed by atoms with E-state index in [9.17, 15) is 18.3 Å². The number of aliphatic hydroxyl groups excluding tert-OH is 1. The molecule has 140 valence electrons. The summed E-state index contributed by atoms with van der Waals surface area (Å²) in [6.07, 6.45) is -0.264. The van der Waals surface area contributed by atoms with E-state index >= 15 is 0 Å². The number of aliphatic carboxylic acids is 1. The molecule has 0 spiro atoms. The molecule has 0 saturated carbocycles. The summed E-state index contributed by atoms with van der Waals surface area (Å²) in [6.45, 7) is 0.249. The molecule has 0 bridgehead atoms. The molecular formula is C18H20BrNO5S. The van der Waals surface area contributed by atoms with Crippen molar-refractivity contribution >= 4 is 31.9 Å². The number of benzene rings is 2. The van der Waals surface area contributed by atoms with Gasteiger partial charge < -0.3 is 10.2 Å². The van der Waals surface area contributed by atoms with Crippen molar-refractivity contribution in [1.82, 2.24) is 4.72 Å². The predicted octanol–water partition coefficient (Wildman–Crippen LogP) is 2.87. The quantitative estimate of drug-likeness (QED) is 0.554. The highest BCUT2D eigenvalue weighted by Crippen LogP contribution is 2.19. The highest BCUT2D eigenvalue weighted by molar-refractivity contribution is 9.10. The summed E-state index contributed by atoms with van der Waals surface area (Å²) in [7, 11) is -3.55. The maximum absolute atomic E-state index is 12.2. The number of carbonyl (C=O) groups is 1. The van der Waals surface area contributed by atoms with Crippen molar-refractivity contribution in [3.63, 3.8) is 0 Å². The molecule has 6 nitrogen and oxygen atoms in total. The molecule has 2 rings (SSSR count). The predicted molar refractivity (Wildman–Crippen MR) is 101 cm³/mol. The van der Waals surface area contributed by atoms with Gasteiger partial charge in [0.15, 0.2) is 0 Å². The van der Waals surface area contributed by atoms with Crippen molar-refractivity contribution in [3.05, 3.63) is 64.1 Å². The van der Waals surface area contributed by atoms with Crippen LogP contribution in [0.4, 0.5) is 0 Å². The van der Waals surface area contributed by atoms with Crippen molar-refractivity contribution in [2.24, 2.45) is 0 Å². The number of carboxylic acid groups (broad SMARTS) is 1. The SMILES string of the molecule is O=C(O)CCC(O)c1ccc(CCNS(=O)(=O)c2ccc(Br)cc2)cc1. The van der Waals surface area contributed by atoms with E-state index in [1.807, 2.05) is 0 Å². The number of sulfonamides is 1. The minimum Gasteiger partial charge on any atom is -0.481 e. The molecule has 2 aromatic rings. The van der Waals surface area contributed by atoms with Gasteiger partial charge in [-0.2, -0.15) is 0 Å². The van der Waals surface area contributed by atoms with Crippen molar-refractivity contribution < 1.29 is 23.4 Å². The lowest BCUT2D eigenvalue weighted by Gasteiger charge is -2.11. The monoisotopic (exact) mass is 441 g/mol. The summed E-state index contributed by atoms with van der Waals surface area (Å²) in [5.74, 6) is -0.946. The third-order valence-corrected chi connectivity index (χ3v) is 5.83. The molecule has 0 fully saturated rings. The molecule has 26 heavy (non-hydrogen) atoms. The Kier molecular flexibility index (Phi) is 7.33. The summed E-state index contributed by atoms with van der Waals surface area (Å²) in [6, 6.07) is 13.4. The number of rotatable bonds is 9. The van der Waals surface area contributed by atoms with E-state index in [0.29, 0.717) is 12.0 Å². The minimum absolute atomic E-state index is 0.0965. The summed E-state index contributed by atoms with van der Waals surface area (Å²) in [5.41, 5.74) is 1.56. The van der Waals surface area contributed by atoms with Gasteiger partial charge in [-0.05, 0) is 48.2 Å². The van der Waals surface area contributed by atoms with Gasteiger partial charge >= 0.3 is 5.97 Å². The van der Waals surface area contributed by atoms with E-state index in [2.05, 4.69) is 20.7 Å². The van der Waals surface area contributed by atoms with Gasteiger partial charge in [0.05, 0.1) is 11.0 Å². The molecular weight excluding hydrogens is 422 g/mol. The molecule has 0 heterocycles. The Hall–Kier alpha value is -1.74. The normalized spacial score (nSPS) is 12.7. The third-order valence-electron chi connectivity index (χ3n) is 3.83. The van der Waals surface area contributed by atoms with Gasteiger partial charge in [-0.25, -0.2) is 13.1 Å². The Bertz CT molecular complexity index is 835. The van der Waals surface area contributed by atoms with E-state index in [-0.39, 0.29) is 24.3 Å². The lowest BCUT2D eigenvalue weighted by molar-refractivity contribution is -0.137. The van der Waals surface area contributed by atoms with Crippen LogP contribution in [0.15, 0.2) is 57.9 Å². The Balaban J connectivity index is 1.87. The average molecular weight is 442 g/mol. The van der Waals surface area contributed by atoms with Gasteiger partial charge in [0.25, 0.3) is 0 Å². The van der Waals surface area contributed by atoms with Gasteiger partial charge in [0.2, 0.25) is 10.0 Å². The number of carboxylic acids is 1. The lowest BCUT2D eigenvalue weighted by Crippen LogP contribution is -2.25. The zero-order valence-electron chi connectivity index (χ0n) is 13.9. The van der Waals surface area contributed by atoms with Crippen molar-refractivity contribution in [2.45, 2.75) is 30.3 Å². The maximum Gasteiger partial charge on any atom is 0.303 e. The van der Waals surface area contributed by atoms with E-state index in [4.69, 9.17) is 5.11 Å². The van der Waals surface area contributed by atoms with E-state index < -0.39 is 22.1 Å².